The van der Waals surface area contributed by atoms with Gasteiger partial charge < -0.3 is 14.2 Å². The fourth-order valence-electron chi connectivity index (χ4n) is 4.16. The molecule has 1 saturated heterocycles. The van der Waals surface area contributed by atoms with Crippen molar-refractivity contribution in [3.8, 4) is 17.1 Å². The summed E-state index contributed by atoms with van der Waals surface area (Å²) in [6.07, 6.45) is 3.22. The molecule has 6 rings (SSSR count). The minimum atomic E-state index is -0.0489. The van der Waals surface area contributed by atoms with Crippen LogP contribution in [-0.2, 0) is 0 Å². The molecule has 0 unspecified atom stereocenters. The first-order valence-electron chi connectivity index (χ1n) is 10.7. The number of nitrogens with zero attached hydrogens (tertiary/aromatic N) is 6. The van der Waals surface area contributed by atoms with Crippen LogP contribution in [0.25, 0.3) is 27.4 Å². The Hall–Kier alpha value is -3.98. The van der Waals surface area contributed by atoms with Crippen molar-refractivity contribution in [2.45, 2.75) is 0 Å². The molecule has 0 bridgehead atoms. The summed E-state index contributed by atoms with van der Waals surface area (Å²) >= 11 is 1.61. The predicted octanol–water partition coefficient (Wildman–Crippen LogP) is 4.10. The topological polar surface area (TPSA) is 80.3 Å². The van der Waals surface area contributed by atoms with Crippen molar-refractivity contribution in [3.05, 3.63) is 78.3 Å². The number of hydrogen-bond acceptors (Lipinski definition) is 7. The van der Waals surface area contributed by atoms with E-state index in [2.05, 4.69) is 26.0 Å². The summed E-state index contributed by atoms with van der Waals surface area (Å²) in [5.74, 6) is 1.52. The van der Waals surface area contributed by atoms with Gasteiger partial charge in [-0.1, -0.05) is 18.2 Å². The molecule has 33 heavy (non-hydrogen) atoms. The summed E-state index contributed by atoms with van der Waals surface area (Å²) in [7, 11) is 0. The van der Waals surface area contributed by atoms with E-state index in [1.54, 1.807) is 34.7 Å². The average molecular weight is 457 g/mol. The number of fused-ring (bicyclic) bond motifs is 1. The lowest BCUT2D eigenvalue weighted by molar-refractivity contribution is 0.0737. The van der Waals surface area contributed by atoms with Gasteiger partial charge in [-0.15, -0.1) is 11.3 Å². The zero-order valence-electron chi connectivity index (χ0n) is 17.7. The second kappa shape index (κ2) is 8.18. The number of hydrogen-bond donors (Lipinski definition) is 0. The molecular weight excluding hydrogens is 436 g/mol. The van der Waals surface area contributed by atoms with Crippen molar-refractivity contribution >= 4 is 33.3 Å². The first-order chi connectivity index (χ1) is 16.3. The Balaban J connectivity index is 1.27. The number of benzene rings is 1. The van der Waals surface area contributed by atoms with E-state index in [1.165, 1.54) is 0 Å². The third kappa shape index (κ3) is 3.56. The summed E-state index contributed by atoms with van der Waals surface area (Å²) in [6.45, 7) is 2.62. The maximum Gasteiger partial charge on any atom is 0.272 e. The van der Waals surface area contributed by atoms with Crippen LogP contribution in [0.1, 0.15) is 10.5 Å². The van der Waals surface area contributed by atoms with Crippen LogP contribution in [0.3, 0.4) is 0 Å². The summed E-state index contributed by atoms with van der Waals surface area (Å²) in [5, 5.41) is 7.77. The van der Waals surface area contributed by atoms with E-state index in [4.69, 9.17) is 4.42 Å². The van der Waals surface area contributed by atoms with E-state index >= 15 is 0 Å². The van der Waals surface area contributed by atoms with Crippen LogP contribution >= 0.6 is 11.3 Å². The Morgan fingerprint density at radius 2 is 1.82 bits per heavy atom. The highest BCUT2D eigenvalue weighted by molar-refractivity contribution is 7.16. The lowest BCUT2D eigenvalue weighted by Gasteiger charge is -2.35. The number of aromatic nitrogens is 4. The molecule has 4 aromatic heterocycles. The van der Waals surface area contributed by atoms with Crippen LogP contribution in [0.15, 0.2) is 77.0 Å². The third-order valence-electron chi connectivity index (χ3n) is 5.81. The molecule has 0 saturated carbocycles. The molecule has 1 aromatic carbocycles. The summed E-state index contributed by atoms with van der Waals surface area (Å²) < 4.78 is 7.22. The van der Waals surface area contributed by atoms with E-state index in [0.717, 1.165) is 21.7 Å². The van der Waals surface area contributed by atoms with Crippen LogP contribution in [-0.4, -0.2) is 56.7 Å². The lowest BCUT2D eigenvalue weighted by Crippen LogP contribution is -2.49. The minimum absolute atomic E-state index is 0.0489. The predicted molar refractivity (Wildman–Crippen MR) is 127 cm³/mol. The normalized spacial score (nSPS) is 14.2. The van der Waals surface area contributed by atoms with Crippen molar-refractivity contribution in [1.82, 2.24) is 24.6 Å². The fraction of sp³-hybridized carbons (Fsp3) is 0.167. The third-order valence-corrected chi connectivity index (χ3v) is 6.63. The maximum absolute atomic E-state index is 13.6. The van der Waals surface area contributed by atoms with E-state index in [0.29, 0.717) is 43.3 Å². The number of amides is 1. The monoisotopic (exact) mass is 456 g/mol. The molecule has 8 nitrogen and oxygen atoms in total. The number of para-hydroxylation sites is 1. The summed E-state index contributed by atoms with van der Waals surface area (Å²) in [6, 6.07) is 17.2. The van der Waals surface area contributed by atoms with Gasteiger partial charge in [-0.2, -0.15) is 5.10 Å². The van der Waals surface area contributed by atoms with Gasteiger partial charge in [0.25, 0.3) is 5.91 Å². The molecule has 0 atom stereocenters. The summed E-state index contributed by atoms with van der Waals surface area (Å²) in [4.78, 5) is 27.5. The highest BCUT2D eigenvalue weighted by atomic mass is 32.1. The Morgan fingerprint density at radius 3 is 2.61 bits per heavy atom. The van der Waals surface area contributed by atoms with Gasteiger partial charge in [0.1, 0.15) is 28.4 Å². The standard InChI is InChI=1S/C24H20N6O2S/c31-24(29-11-9-28(10-12-29)22-18-8-14-33-23(18)26-16-25-22)20-15-19(21-7-4-13-32-21)27-30(20)17-5-2-1-3-6-17/h1-8,13-16H,9-12H2. The van der Waals surface area contributed by atoms with Crippen LogP contribution in [0, 0.1) is 0 Å². The summed E-state index contributed by atoms with van der Waals surface area (Å²) in [5.41, 5.74) is 1.98. The lowest BCUT2D eigenvalue weighted by atomic mass is 10.2. The number of furan rings is 1. The molecule has 0 aliphatic carbocycles. The molecule has 0 N–H and O–H groups in total. The molecular formula is C24H20N6O2S. The van der Waals surface area contributed by atoms with Gasteiger partial charge >= 0.3 is 0 Å². The van der Waals surface area contributed by atoms with Crippen LogP contribution in [0.5, 0.6) is 0 Å². The van der Waals surface area contributed by atoms with Crippen LogP contribution < -0.4 is 4.90 Å². The second-order valence-corrected chi connectivity index (χ2v) is 8.65. The molecule has 1 amide bonds. The molecule has 0 spiro atoms. The first kappa shape index (κ1) is 19.7. The molecule has 1 aliphatic rings. The van der Waals surface area contributed by atoms with Gasteiger partial charge in [0.15, 0.2) is 5.76 Å². The van der Waals surface area contributed by atoms with Crippen molar-refractivity contribution in [3.63, 3.8) is 0 Å². The quantitative estimate of drug-likeness (QED) is 0.405. The number of carbonyl (C=O) groups is 1. The molecule has 9 heteroatoms. The molecule has 1 aliphatic heterocycles. The van der Waals surface area contributed by atoms with Gasteiger partial charge in [-0.05, 0) is 35.7 Å². The Kier molecular flexibility index (Phi) is 4.88. The van der Waals surface area contributed by atoms with E-state index < -0.39 is 0 Å². The van der Waals surface area contributed by atoms with Crippen molar-refractivity contribution in [1.29, 1.82) is 0 Å². The molecule has 5 heterocycles. The molecule has 0 radical (unpaired) electrons. The zero-order valence-corrected chi connectivity index (χ0v) is 18.5. The fourth-order valence-corrected chi connectivity index (χ4v) is 4.88. The van der Waals surface area contributed by atoms with Gasteiger partial charge in [0, 0.05) is 32.2 Å². The number of carbonyl (C=O) groups excluding carboxylic acids is 1. The van der Waals surface area contributed by atoms with Gasteiger partial charge in [0.2, 0.25) is 0 Å². The average Bonchev–Trinajstić information content (AvgIpc) is 3.64. The minimum Gasteiger partial charge on any atom is -0.463 e. The largest absolute Gasteiger partial charge is 0.463 e. The Bertz CT molecular complexity index is 1400. The van der Waals surface area contributed by atoms with Gasteiger partial charge in [-0.3, -0.25) is 4.79 Å². The SMILES string of the molecule is O=C(c1cc(-c2ccco2)nn1-c1ccccc1)N1CCN(c2ncnc3sccc23)CC1. The second-order valence-electron chi connectivity index (χ2n) is 7.76. The van der Waals surface area contributed by atoms with E-state index in [1.807, 2.05) is 52.7 Å². The smallest absolute Gasteiger partial charge is 0.272 e. The number of rotatable bonds is 4. The molecule has 164 valence electrons. The van der Waals surface area contributed by atoms with Gasteiger partial charge in [-0.25, -0.2) is 14.6 Å². The molecule has 5 aromatic rings. The van der Waals surface area contributed by atoms with Crippen LogP contribution in [0.2, 0.25) is 0 Å². The Morgan fingerprint density at radius 1 is 0.970 bits per heavy atom. The molecule has 1 fully saturated rings. The van der Waals surface area contributed by atoms with Crippen molar-refractivity contribution in [2.75, 3.05) is 31.1 Å². The van der Waals surface area contributed by atoms with Crippen LogP contribution in [0.4, 0.5) is 5.82 Å². The zero-order chi connectivity index (χ0) is 22.2. The van der Waals surface area contributed by atoms with E-state index in [-0.39, 0.29) is 5.91 Å². The highest BCUT2D eigenvalue weighted by Crippen LogP contribution is 2.28. The highest BCUT2D eigenvalue weighted by Gasteiger charge is 2.27. The van der Waals surface area contributed by atoms with Crippen molar-refractivity contribution in [2.24, 2.45) is 0 Å². The number of piperazine rings is 1. The first-order valence-corrected chi connectivity index (χ1v) is 11.6. The number of thiophene rings is 1. The Labute approximate surface area is 193 Å². The number of anilines is 1. The maximum atomic E-state index is 13.6. The van der Waals surface area contributed by atoms with Gasteiger partial charge in [0.05, 0.1) is 17.3 Å². The van der Waals surface area contributed by atoms with Crippen molar-refractivity contribution < 1.29 is 9.21 Å². The van der Waals surface area contributed by atoms with E-state index in [9.17, 15) is 4.79 Å².